The fourth-order valence-corrected chi connectivity index (χ4v) is 2.04. The van der Waals surface area contributed by atoms with Crippen LogP contribution in [0.15, 0.2) is 6.20 Å². The van der Waals surface area contributed by atoms with E-state index in [-0.39, 0.29) is 26.9 Å². The Bertz CT molecular complexity index is 413. The molecule has 0 aliphatic rings. The van der Waals surface area contributed by atoms with Crippen LogP contribution in [0.25, 0.3) is 0 Å². The van der Waals surface area contributed by atoms with Gasteiger partial charge in [0, 0.05) is 21.9 Å². The maximum atomic E-state index is 12.8. The Kier molecular flexibility index (Phi) is 4.54. The van der Waals surface area contributed by atoms with E-state index in [0.29, 0.717) is 0 Å². The van der Waals surface area contributed by atoms with Crippen molar-refractivity contribution >= 4 is 28.6 Å². The second kappa shape index (κ2) is 5.48. The Morgan fingerprint density at radius 3 is 2.69 bits per heavy atom. The summed E-state index contributed by atoms with van der Waals surface area (Å²) in [6, 6.07) is 0. The highest BCUT2D eigenvalue weighted by atomic mass is 127. The minimum atomic E-state index is -2.73. The molecule has 0 aliphatic carbocycles. The smallest absolute Gasteiger partial charge is 0.307 e. The fraction of sp³-hybridized carbons (Fsp3) is 0.333. The highest BCUT2D eigenvalue weighted by Gasteiger charge is 2.21. The maximum absolute atomic E-state index is 12.8. The zero-order valence-electron chi connectivity index (χ0n) is 8.08. The SMILES string of the molecule is NCc1ncc(I)c(C(F)F)c1CC(=O)O. The molecule has 1 aromatic heterocycles. The van der Waals surface area contributed by atoms with Gasteiger partial charge in [0.2, 0.25) is 0 Å². The molecule has 0 bridgehead atoms. The number of alkyl halides is 2. The van der Waals surface area contributed by atoms with Gasteiger partial charge in [-0.1, -0.05) is 0 Å². The van der Waals surface area contributed by atoms with E-state index in [4.69, 9.17) is 10.8 Å². The van der Waals surface area contributed by atoms with Crippen LogP contribution in [0.3, 0.4) is 0 Å². The summed E-state index contributed by atoms with van der Waals surface area (Å²) in [5, 5.41) is 8.67. The first-order valence-electron chi connectivity index (χ1n) is 4.33. The lowest BCUT2D eigenvalue weighted by atomic mass is 10.0. The van der Waals surface area contributed by atoms with Crippen LogP contribution < -0.4 is 5.73 Å². The van der Waals surface area contributed by atoms with Crippen molar-refractivity contribution in [1.29, 1.82) is 0 Å². The van der Waals surface area contributed by atoms with Gasteiger partial charge in [-0.25, -0.2) is 8.78 Å². The van der Waals surface area contributed by atoms with E-state index in [2.05, 4.69) is 4.98 Å². The van der Waals surface area contributed by atoms with Crippen molar-refractivity contribution in [3.05, 3.63) is 26.6 Å². The third kappa shape index (κ3) is 2.85. The van der Waals surface area contributed by atoms with Crippen molar-refractivity contribution in [1.82, 2.24) is 4.98 Å². The third-order valence-electron chi connectivity index (χ3n) is 2.00. The molecule has 0 unspecified atom stereocenters. The Balaban J connectivity index is 3.36. The number of carboxylic acid groups (broad SMARTS) is 1. The molecule has 16 heavy (non-hydrogen) atoms. The number of carbonyl (C=O) groups is 1. The van der Waals surface area contributed by atoms with Crippen molar-refractivity contribution in [3.8, 4) is 0 Å². The maximum Gasteiger partial charge on any atom is 0.307 e. The summed E-state index contributed by atoms with van der Waals surface area (Å²) in [5.74, 6) is -1.18. The number of hydrogen-bond donors (Lipinski definition) is 2. The van der Waals surface area contributed by atoms with Gasteiger partial charge in [-0.05, 0) is 28.2 Å². The summed E-state index contributed by atoms with van der Waals surface area (Å²) >= 11 is 1.70. The average Bonchev–Trinajstić information content (AvgIpc) is 2.16. The predicted molar refractivity (Wildman–Crippen MR) is 61.1 cm³/mol. The summed E-state index contributed by atoms with van der Waals surface area (Å²) in [7, 11) is 0. The normalized spacial score (nSPS) is 10.8. The largest absolute Gasteiger partial charge is 0.481 e. The third-order valence-corrected chi connectivity index (χ3v) is 2.86. The molecule has 1 rings (SSSR count). The molecular formula is C9H9F2IN2O2. The Morgan fingerprint density at radius 2 is 2.25 bits per heavy atom. The number of pyridine rings is 1. The van der Waals surface area contributed by atoms with Crippen molar-refractivity contribution in [2.75, 3.05) is 0 Å². The molecule has 0 aromatic carbocycles. The molecule has 1 aromatic rings. The van der Waals surface area contributed by atoms with Gasteiger partial charge in [-0.2, -0.15) is 0 Å². The standard InChI is InChI=1S/C9H9F2IN2O2/c10-9(11)8-4(1-7(15)16)6(2-13)14-3-5(8)12/h3,9H,1-2,13H2,(H,15,16). The second-order valence-corrected chi connectivity index (χ2v) is 4.18. The topological polar surface area (TPSA) is 76.2 Å². The molecule has 88 valence electrons. The van der Waals surface area contributed by atoms with Gasteiger partial charge in [0.15, 0.2) is 0 Å². The molecule has 0 saturated heterocycles. The number of aromatic nitrogens is 1. The monoisotopic (exact) mass is 342 g/mol. The van der Waals surface area contributed by atoms with Crippen LogP contribution in [-0.4, -0.2) is 16.1 Å². The average molecular weight is 342 g/mol. The lowest BCUT2D eigenvalue weighted by Gasteiger charge is -2.12. The minimum Gasteiger partial charge on any atom is -0.481 e. The summed E-state index contributed by atoms with van der Waals surface area (Å²) < 4.78 is 25.8. The van der Waals surface area contributed by atoms with E-state index < -0.39 is 18.8 Å². The van der Waals surface area contributed by atoms with Gasteiger partial charge < -0.3 is 10.8 Å². The van der Waals surface area contributed by atoms with Gasteiger partial charge in [-0.3, -0.25) is 9.78 Å². The van der Waals surface area contributed by atoms with Crippen molar-refractivity contribution in [3.63, 3.8) is 0 Å². The summed E-state index contributed by atoms with van der Waals surface area (Å²) in [5.41, 5.74) is 5.29. The Morgan fingerprint density at radius 1 is 1.62 bits per heavy atom. The van der Waals surface area contributed by atoms with E-state index in [0.717, 1.165) is 0 Å². The Labute approximate surface area is 104 Å². The van der Waals surface area contributed by atoms with Crippen LogP contribution in [0.2, 0.25) is 0 Å². The summed E-state index contributed by atoms with van der Waals surface area (Å²) in [6.45, 7) is -0.0563. The van der Waals surface area contributed by atoms with E-state index in [9.17, 15) is 13.6 Å². The molecule has 0 spiro atoms. The summed E-state index contributed by atoms with van der Waals surface area (Å²) in [4.78, 5) is 14.5. The lowest BCUT2D eigenvalue weighted by Crippen LogP contribution is -2.13. The van der Waals surface area contributed by atoms with E-state index in [1.54, 1.807) is 22.6 Å². The number of nitrogens with zero attached hydrogens (tertiary/aromatic N) is 1. The van der Waals surface area contributed by atoms with Crippen LogP contribution in [0, 0.1) is 3.57 Å². The highest BCUT2D eigenvalue weighted by molar-refractivity contribution is 14.1. The quantitative estimate of drug-likeness (QED) is 0.817. The molecule has 0 atom stereocenters. The van der Waals surface area contributed by atoms with Crippen LogP contribution in [-0.2, 0) is 17.8 Å². The van der Waals surface area contributed by atoms with E-state index >= 15 is 0 Å². The number of nitrogens with two attached hydrogens (primary N) is 1. The number of aliphatic carboxylic acids is 1. The van der Waals surface area contributed by atoms with Crippen molar-refractivity contribution < 1.29 is 18.7 Å². The van der Waals surface area contributed by atoms with Crippen LogP contribution >= 0.6 is 22.6 Å². The van der Waals surface area contributed by atoms with Crippen LogP contribution in [0.1, 0.15) is 23.2 Å². The van der Waals surface area contributed by atoms with Gasteiger partial charge in [0.25, 0.3) is 6.43 Å². The first kappa shape index (κ1) is 13.2. The molecule has 0 radical (unpaired) electrons. The first-order valence-corrected chi connectivity index (χ1v) is 5.41. The van der Waals surface area contributed by atoms with Gasteiger partial charge in [0.1, 0.15) is 0 Å². The predicted octanol–water partition coefficient (Wildman–Crippen LogP) is 1.71. The molecular weight excluding hydrogens is 333 g/mol. The molecule has 4 nitrogen and oxygen atoms in total. The number of halogens is 3. The zero-order chi connectivity index (χ0) is 12.3. The van der Waals surface area contributed by atoms with E-state index in [1.807, 2.05) is 0 Å². The number of carboxylic acids is 1. The summed E-state index contributed by atoms with van der Waals surface area (Å²) in [6.07, 6.45) is -1.94. The van der Waals surface area contributed by atoms with Crippen LogP contribution in [0.4, 0.5) is 8.78 Å². The molecule has 1 heterocycles. The van der Waals surface area contributed by atoms with E-state index in [1.165, 1.54) is 6.20 Å². The molecule has 0 saturated carbocycles. The number of rotatable bonds is 4. The number of hydrogen-bond acceptors (Lipinski definition) is 3. The first-order chi connectivity index (χ1) is 7.47. The zero-order valence-corrected chi connectivity index (χ0v) is 10.2. The molecule has 0 aliphatic heterocycles. The van der Waals surface area contributed by atoms with Gasteiger partial charge in [0.05, 0.1) is 12.1 Å². The minimum absolute atomic E-state index is 0.0249. The van der Waals surface area contributed by atoms with Crippen molar-refractivity contribution in [2.24, 2.45) is 5.73 Å². The molecule has 0 amide bonds. The van der Waals surface area contributed by atoms with Gasteiger partial charge >= 0.3 is 5.97 Å². The molecule has 7 heteroatoms. The van der Waals surface area contributed by atoms with Gasteiger partial charge in [-0.15, -0.1) is 0 Å². The van der Waals surface area contributed by atoms with Crippen molar-refractivity contribution in [2.45, 2.75) is 19.4 Å². The van der Waals surface area contributed by atoms with Crippen LogP contribution in [0.5, 0.6) is 0 Å². The fourth-order valence-electron chi connectivity index (χ4n) is 1.34. The molecule has 0 fully saturated rings. The molecule has 3 N–H and O–H groups in total. The highest BCUT2D eigenvalue weighted by Crippen LogP contribution is 2.29. The second-order valence-electron chi connectivity index (χ2n) is 3.02. The Hall–Kier alpha value is -0.830. The lowest BCUT2D eigenvalue weighted by molar-refractivity contribution is -0.136.